The first-order valence-electron chi connectivity index (χ1n) is 11.3. The summed E-state index contributed by atoms with van der Waals surface area (Å²) in [6.45, 7) is 6.72. The van der Waals surface area contributed by atoms with Gasteiger partial charge in [0.1, 0.15) is 11.2 Å². The molecule has 9 nitrogen and oxygen atoms in total. The normalized spacial score (nSPS) is 13.9. The summed E-state index contributed by atoms with van der Waals surface area (Å²) in [6, 6.07) is 11.2. The fourth-order valence-corrected chi connectivity index (χ4v) is 4.23. The van der Waals surface area contributed by atoms with Gasteiger partial charge in [-0.3, -0.25) is 14.6 Å². The van der Waals surface area contributed by atoms with Gasteiger partial charge in [0, 0.05) is 62.6 Å². The van der Waals surface area contributed by atoms with E-state index in [1.54, 1.807) is 35.6 Å². The molecular formula is C25H25N7O2. The van der Waals surface area contributed by atoms with E-state index in [0.717, 1.165) is 22.8 Å². The SMILES string of the molecule is CCn1cc(C(=O)N2CCN(c3ccc(-c4ccncc4)nn3)CC2)c(=O)c2ccc(C)nc21. The molecule has 0 bridgehead atoms. The Hall–Kier alpha value is -4.14. The number of fused-ring (bicyclic) bond motifs is 1. The third-order valence-corrected chi connectivity index (χ3v) is 6.15. The number of carbonyl (C=O) groups is 1. The fourth-order valence-electron chi connectivity index (χ4n) is 4.23. The first-order valence-corrected chi connectivity index (χ1v) is 11.3. The summed E-state index contributed by atoms with van der Waals surface area (Å²) in [4.78, 5) is 38.7. The quantitative estimate of drug-likeness (QED) is 0.466. The van der Waals surface area contributed by atoms with Gasteiger partial charge in [-0.05, 0) is 50.2 Å². The van der Waals surface area contributed by atoms with Gasteiger partial charge in [-0.1, -0.05) is 0 Å². The molecule has 0 aliphatic carbocycles. The van der Waals surface area contributed by atoms with Crippen molar-refractivity contribution in [2.75, 3.05) is 31.1 Å². The minimum Gasteiger partial charge on any atom is -0.352 e. The van der Waals surface area contributed by atoms with Gasteiger partial charge in [0.05, 0.1) is 11.1 Å². The fraction of sp³-hybridized carbons (Fsp3) is 0.280. The van der Waals surface area contributed by atoms with E-state index in [-0.39, 0.29) is 16.9 Å². The molecule has 0 radical (unpaired) electrons. The number of carbonyl (C=O) groups excluding carboxylic acids is 1. The Bertz CT molecular complexity index is 1390. The Kier molecular flexibility index (Phi) is 5.75. The van der Waals surface area contributed by atoms with Crippen molar-refractivity contribution in [2.45, 2.75) is 20.4 Å². The summed E-state index contributed by atoms with van der Waals surface area (Å²) in [6.07, 6.45) is 5.10. The average Bonchev–Trinajstić information content (AvgIpc) is 2.89. The monoisotopic (exact) mass is 455 g/mol. The highest BCUT2D eigenvalue weighted by molar-refractivity contribution is 5.97. The van der Waals surface area contributed by atoms with Gasteiger partial charge < -0.3 is 14.4 Å². The first-order chi connectivity index (χ1) is 16.5. The summed E-state index contributed by atoms with van der Waals surface area (Å²) in [7, 11) is 0. The number of rotatable bonds is 4. The molecular weight excluding hydrogens is 430 g/mol. The Balaban J connectivity index is 1.32. The molecule has 0 N–H and O–H groups in total. The zero-order chi connectivity index (χ0) is 23.7. The number of hydrogen-bond donors (Lipinski definition) is 0. The minimum absolute atomic E-state index is 0.190. The molecule has 4 aromatic heterocycles. The average molecular weight is 456 g/mol. The lowest BCUT2D eigenvalue weighted by molar-refractivity contribution is 0.0744. The first kappa shape index (κ1) is 21.7. The molecule has 0 aromatic carbocycles. The molecule has 4 aromatic rings. The molecule has 1 fully saturated rings. The molecule has 1 aliphatic heterocycles. The van der Waals surface area contributed by atoms with E-state index in [9.17, 15) is 9.59 Å². The van der Waals surface area contributed by atoms with Crippen LogP contribution in [0, 0.1) is 6.92 Å². The Morgan fingerprint density at radius 2 is 1.74 bits per heavy atom. The number of hydrogen-bond acceptors (Lipinski definition) is 7. The number of aromatic nitrogens is 5. The highest BCUT2D eigenvalue weighted by atomic mass is 16.2. The van der Waals surface area contributed by atoms with Crippen molar-refractivity contribution in [1.29, 1.82) is 0 Å². The third-order valence-electron chi connectivity index (χ3n) is 6.15. The molecule has 0 saturated carbocycles. The molecule has 5 heterocycles. The van der Waals surface area contributed by atoms with Crippen molar-refractivity contribution in [3.8, 4) is 11.3 Å². The van der Waals surface area contributed by atoms with E-state index >= 15 is 0 Å². The van der Waals surface area contributed by atoms with Crippen LogP contribution in [0.1, 0.15) is 23.0 Å². The molecule has 34 heavy (non-hydrogen) atoms. The largest absolute Gasteiger partial charge is 0.352 e. The number of pyridine rings is 3. The van der Waals surface area contributed by atoms with Crippen molar-refractivity contribution in [3.05, 3.63) is 76.5 Å². The lowest BCUT2D eigenvalue weighted by Gasteiger charge is -2.35. The second-order valence-electron chi connectivity index (χ2n) is 8.27. The molecule has 1 amide bonds. The summed E-state index contributed by atoms with van der Waals surface area (Å²) in [5.74, 6) is 0.527. The number of anilines is 1. The van der Waals surface area contributed by atoms with Crippen LogP contribution in [0.4, 0.5) is 5.82 Å². The number of aryl methyl sites for hydroxylation is 2. The van der Waals surface area contributed by atoms with Crippen LogP contribution in [0.5, 0.6) is 0 Å². The standard InChI is InChI=1S/C25H25N7O2/c1-3-30-16-20(23(33)19-5-4-17(2)27-24(19)30)25(34)32-14-12-31(13-15-32)22-7-6-21(28-29-22)18-8-10-26-11-9-18/h4-11,16H,3,12-15H2,1-2H3. The Morgan fingerprint density at radius 3 is 2.41 bits per heavy atom. The molecule has 0 spiro atoms. The smallest absolute Gasteiger partial charge is 0.259 e. The van der Waals surface area contributed by atoms with Crippen LogP contribution in [0.2, 0.25) is 0 Å². The van der Waals surface area contributed by atoms with Crippen molar-refractivity contribution in [1.82, 2.24) is 29.6 Å². The summed E-state index contributed by atoms with van der Waals surface area (Å²) >= 11 is 0. The van der Waals surface area contributed by atoms with E-state index in [1.807, 2.05) is 42.7 Å². The van der Waals surface area contributed by atoms with Gasteiger partial charge in [0.15, 0.2) is 5.82 Å². The summed E-state index contributed by atoms with van der Waals surface area (Å²) in [5.41, 5.74) is 3.12. The molecule has 172 valence electrons. The van der Waals surface area contributed by atoms with E-state index in [0.29, 0.717) is 43.8 Å². The van der Waals surface area contributed by atoms with Crippen LogP contribution < -0.4 is 10.3 Å². The second-order valence-corrected chi connectivity index (χ2v) is 8.27. The number of nitrogens with zero attached hydrogens (tertiary/aromatic N) is 7. The van der Waals surface area contributed by atoms with Crippen molar-refractivity contribution < 1.29 is 4.79 Å². The van der Waals surface area contributed by atoms with E-state index in [2.05, 4.69) is 25.1 Å². The van der Waals surface area contributed by atoms with E-state index in [1.165, 1.54) is 0 Å². The predicted octanol–water partition coefficient (Wildman–Crippen LogP) is 2.54. The molecule has 0 atom stereocenters. The maximum absolute atomic E-state index is 13.3. The third kappa shape index (κ3) is 4.00. The Labute approximate surface area is 196 Å². The summed E-state index contributed by atoms with van der Waals surface area (Å²) < 4.78 is 1.87. The van der Waals surface area contributed by atoms with Crippen molar-refractivity contribution in [3.63, 3.8) is 0 Å². The molecule has 9 heteroatoms. The van der Waals surface area contributed by atoms with Crippen LogP contribution >= 0.6 is 0 Å². The Morgan fingerprint density at radius 1 is 0.971 bits per heavy atom. The number of amides is 1. The topological polar surface area (TPSA) is 97.1 Å². The second kappa shape index (κ2) is 9.01. The lowest BCUT2D eigenvalue weighted by atomic mass is 10.1. The molecule has 1 aliphatic rings. The van der Waals surface area contributed by atoms with Crippen LogP contribution in [0.15, 0.2) is 59.8 Å². The molecule has 0 unspecified atom stereocenters. The summed E-state index contributed by atoms with van der Waals surface area (Å²) in [5, 5.41) is 9.19. The highest BCUT2D eigenvalue weighted by Crippen LogP contribution is 2.19. The van der Waals surface area contributed by atoms with Crippen LogP contribution in [-0.4, -0.2) is 61.7 Å². The van der Waals surface area contributed by atoms with Gasteiger partial charge in [0.2, 0.25) is 5.43 Å². The van der Waals surface area contributed by atoms with E-state index < -0.39 is 0 Å². The molecule has 5 rings (SSSR count). The van der Waals surface area contributed by atoms with Gasteiger partial charge in [-0.25, -0.2) is 4.98 Å². The van der Waals surface area contributed by atoms with Crippen molar-refractivity contribution in [2.24, 2.45) is 0 Å². The van der Waals surface area contributed by atoms with Crippen LogP contribution in [0.25, 0.3) is 22.3 Å². The van der Waals surface area contributed by atoms with Crippen LogP contribution in [-0.2, 0) is 6.54 Å². The molecule has 1 saturated heterocycles. The predicted molar refractivity (Wildman–Crippen MR) is 130 cm³/mol. The zero-order valence-corrected chi connectivity index (χ0v) is 19.2. The van der Waals surface area contributed by atoms with Gasteiger partial charge >= 0.3 is 0 Å². The maximum Gasteiger partial charge on any atom is 0.259 e. The zero-order valence-electron chi connectivity index (χ0n) is 19.2. The maximum atomic E-state index is 13.3. The van der Waals surface area contributed by atoms with E-state index in [4.69, 9.17) is 0 Å². The lowest BCUT2D eigenvalue weighted by Crippen LogP contribution is -2.50. The minimum atomic E-state index is -0.266. The van der Waals surface area contributed by atoms with Gasteiger partial charge in [-0.2, -0.15) is 0 Å². The van der Waals surface area contributed by atoms with Gasteiger partial charge in [-0.15, -0.1) is 10.2 Å². The van der Waals surface area contributed by atoms with Gasteiger partial charge in [0.25, 0.3) is 5.91 Å². The number of piperazine rings is 1. The van der Waals surface area contributed by atoms with Crippen molar-refractivity contribution >= 4 is 22.8 Å². The van der Waals surface area contributed by atoms with Crippen LogP contribution in [0.3, 0.4) is 0 Å². The highest BCUT2D eigenvalue weighted by Gasteiger charge is 2.26.